The fourth-order valence-electron chi connectivity index (χ4n) is 1.06. The van der Waals surface area contributed by atoms with E-state index in [-0.39, 0.29) is 5.41 Å². The zero-order chi connectivity index (χ0) is 9.90. The Hall–Kier alpha value is -1.05. The fraction of sp³-hybridized carbons (Fsp3) is 0.545. The van der Waals surface area contributed by atoms with E-state index in [1.807, 2.05) is 19.2 Å². The minimum Gasteiger partial charge on any atom is -0.478 e. The molecule has 0 atom stereocenters. The van der Waals surface area contributed by atoms with E-state index < -0.39 is 0 Å². The van der Waals surface area contributed by atoms with Gasteiger partial charge in [-0.05, 0) is 17.9 Å². The maximum Gasteiger partial charge on any atom is 0.213 e. The Balaban J connectivity index is 2.81. The lowest BCUT2D eigenvalue weighted by molar-refractivity contribution is 0.326. The Morgan fingerprint density at radius 2 is 2.00 bits per heavy atom. The van der Waals surface area contributed by atoms with E-state index in [9.17, 15) is 0 Å². The van der Waals surface area contributed by atoms with E-state index >= 15 is 0 Å². The van der Waals surface area contributed by atoms with Crippen LogP contribution in [-0.4, -0.2) is 11.6 Å². The second-order valence-corrected chi connectivity index (χ2v) is 4.07. The Kier molecular flexibility index (Phi) is 2.91. The smallest absolute Gasteiger partial charge is 0.213 e. The van der Waals surface area contributed by atoms with Crippen molar-refractivity contribution in [3.63, 3.8) is 0 Å². The first-order chi connectivity index (χ1) is 6.04. The summed E-state index contributed by atoms with van der Waals surface area (Å²) in [5, 5.41) is 0. The SMILES string of the molecule is CCOc1ccc(C(C)(C)C)cn1. The highest BCUT2D eigenvalue weighted by Gasteiger charge is 2.13. The van der Waals surface area contributed by atoms with Gasteiger partial charge in [0.15, 0.2) is 0 Å². The van der Waals surface area contributed by atoms with Gasteiger partial charge in [0.05, 0.1) is 6.61 Å². The normalized spacial score (nSPS) is 11.4. The zero-order valence-corrected chi connectivity index (χ0v) is 8.79. The van der Waals surface area contributed by atoms with Gasteiger partial charge < -0.3 is 4.74 Å². The van der Waals surface area contributed by atoms with Crippen LogP contribution in [-0.2, 0) is 5.41 Å². The molecule has 1 aromatic rings. The van der Waals surface area contributed by atoms with Gasteiger partial charge >= 0.3 is 0 Å². The van der Waals surface area contributed by atoms with E-state index in [0.29, 0.717) is 12.5 Å². The molecule has 0 bridgehead atoms. The molecule has 0 fully saturated rings. The van der Waals surface area contributed by atoms with Crippen LogP contribution in [0.4, 0.5) is 0 Å². The van der Waals surface area contributed by atoms with Crippen LogP contribution in [0.1, 0.15) is 33.3 Å². The Labute approximate surface area is 80.0 Å². The second kappa shape index (κ2) is 3.77. The van der Waals surface area contributed by atoms with Crippen molar-refractivity contribution < 1.29 is 4.74 Å². The van der Waals surface area contributed by atoms with Gasteiger partial charge in [0.1, 0.15) is 0 Å². The lowest BCUT2D eigenvalue weighted by Gasteiger charge is -2.18. The van der Waals surface area contributed by atoms with Gasteiger partial charge in [0.25, 0.3) is 0 Å². The number of hydrogen-bond acceptors (Lipinski definition) is 2. The number of aromatic nitrogens is 1. The topological polar surface area (TPSA) is 22.1 Å². The van der Waals surface area contributed by atoms with Gasteiger partial charge in [0, 0.05) is 12.3 Å². The van der Waals surface area contributed by atoms with Crippen molar-refractivity contribution >= 4 is 0 Å². The molecule has 72 valence electrons. The predicted molar refractivity (Wildman–Crippen MR) is 54.1 cm³/mol. The standard InChI is InChI=1S/C11H17NO/c1-5-13-10-7-6-9(8-12-10)11(2,3)4/h6-8H,5H2,1-4H3. The van der Waals surface area contributed by atoms with Gasteiger partial charge in [-0.25, -0.2) is 4.98 Å². The summed E-state index contributed by atoms with van der Waals surface area (Å²) in [5.41, 5.74) is 1.40. The molecular weight excluding hydrogens is 162 g/mol. The van der Waals surface area contributed by atoms with E-state index in [4.69, 9.17) is 4.74 Å². The van der Waals surface area contributed by atoms with Crippen molar-refractivity contribution in [1.82, 2.24) is 4.98 Å². The van der Waals surface area contributed by atoms with Crippen molar-refractivity contribution in [2.45, 2.75) is 33.1 Å². The van der Waals surface area contributed by atoms with Crippen LogP contribution >= 0.6 is 0 Å². The summed E-state index contributed by atoms with van der Waals surface area (Å²) in [4.78, 5) is 4.21. The van der Waals surface area contributed by atoms with Gasteiger partial charge in [-0.15, -0.1) is 0 Å². The predicted octanol–water partition coefficient (Wildman–Crippen LogP) is 2.78. The fourth-order valence-corrected chi connectivity index (χ4v) is 1.06. The quantitative estimate of drug-likeness (QED) is 0.696. The molecule has 0 aliphatic heterocycles. The van der Waals surface area contributed by atoms with Crippen LogP contribution < -0.4 is 4.74 Å². The minimum absolute atomic E-state index is 0.164. The summed E-state index contributed by atoms with van der Waals surface area (Å²) < 4.78 is 5.26. The summed E-state index contributed by atoms with van der Waals surface area (Å²) in [7, 11) is 0. The Morgan fingerprint density at radius 3 is 2.38 bits per heavy atom. The van der Waals surface area contributed by atoms with Gasteiger partial charge in [-0.2, -0.15) is 0 Å². The first-order valence-electron chi connectivity index (χ1n) is 4.63. The highest BCUT2D eigenvalue weighted by atomic mass is 16.5. The Morgan fingerprint density at radius 1 is 1.31 bits per heavy atom. The average Bonchev–Trinajstić information content (AvgIpc) is 2.04. The molecule has 0 saturated carbocycles. The van der Waals surface area contributed by atoms with Gasteiger partial charge in [-0.3, -0.25) is 0 Å². The maximum absolute atomic E-state index is 5.26. The highest BCUT2D eigenvalue weighted by Crippen LogP contribution is 2.22. The summed E-state index contributed by atoms with van der Waals surface area (Å²) in [6.07, 6.45) is 1.88. The van der Waals surface area contributed by atoms with Crippen LogP contribution in [0.3, 0.4) is 0 Å². The van der Waals surface area contributed by atoms with E-state index in [2.05, 4.69) is 31.8 Å². The molecule has 2 nitrogen and oxygen atoms in total. The first kappa shape index (κ1) is 10.0. The third-order valence-electron chi connectivity index (χ3n) is 1.89. The molecule has 0 radical (unpaired) electrons. The molecule has 0 aliphatic rings. The van der Waals surface area contributed by atoms with Crippen LogP contribution in [0.15, 0.2) is 18.3 Å². The molecule has 0 aromatic carbocycles. The maximum atomic E-state index is 5.26. The summed E-state index contributed by atoms with van der Waals surface area (Å²) in [5.74, 6) is 0.704. The number of ether oxygens (including phenoxy) is 1. The molecular formula is C11H17NO. The molecule has 2 heteroatoms. The van der Waals surface area contributed by atoms with Crippen LogP contribution in [0.25, 0.3) is 0 Å². The van der Waals surface area contributed by atoms with Crippen molar-refractivity contribution in [1.29, 1.82) is 0 Å². The van der Waals surface area contributed by atoms with Crippen LogP contribution in [0.2, 0.25) is 0 Å². The lowest BCUT2D eigenvalue weighted by atomic mass is 9.88. The first-order valence-corrected chi connectivity index (χ1v) is 4.63. The van der Waals surface area contributed by atoms with E-state index in [0.717, 1.165) is 0 Å². The number of pyridine rings is 1. The van der Waals surface area contributed by atoms with Gasteiger partial charge in [-0.1, -0.05) is 26.8 Å². The Bertz CT molecular complexity index is 258. The highest BCUT2D eigenvalue weighted by molar-refractivity contribution is 5.23. The molecule has 0 amide bonds. The molecule has 1 aromatic heterocycles. The monoisotopic (exact) mass is 179 g/mol. The second-order valence-electron chi connectivity index (χ2n) is 4.07. The molecule has 13 heavy (non-hydrogen) atoms. The lowest BCUT2D eigenvalue weighted by Crippen LogP contribution is -2.11. The number of nitrogens with zero attached hydrogens (tertiary/aromatic N) is 1. The molecule has 0 aliphatic carbocycles. The van der Waals surface area contributed by atoms with E-state index in [1.165, 1.54) is 5.56 Å². The summed E-state index contributed by atoms with van der Waals surface area (Å²) >= 11 is 0. The van der Waals surface area contributed by atoms with Crippen molar-refractivity contribution in [2.75, 3.05) is 6.61 Å². The number of hydrogen-bond donors (Lipinski definition) is 0. The van der Waals surface area contributed by atoms with Crippen molar-refractivity contribution in [3.8, 4) is 5.88 Å². The molecule has 1 heterocycles. The van der Waals surface area contributed by atoms with Crippen LogP contribution in [0.5, 0.6) is 5.88 Å². The molecule has 0 spiro atoms. The molecule has 0 saturated heterocycles. The van der Waals surface area contributed by atoms with Crippen molar-refractivity contribution in [3.05, 3.63) is 23.9 Å². The molecule has 1 rings (SSSR count). The molecule has 0 N–H and O–H groups in total. The largest absolute Gasteiger partial charge is 0.478 e. The average molecular weight is 179 g/mol. The van der Waals surface area contributed by atoms with E-state index in [1.54, 1.807) is 0 Å². The summed E-state index contributed by atoms with van der Waals surface area (Å²) in [6.45, 7) is 9.14. The van der Waals surface area contributed by atoms with Crippen LogP contribution in [0, 0.1) is 0 Å². The van der Waals surface area contributed by atoms with Gasteiger partial charge in [0.2, 0.25) is 5.88 Å². The third-order valence-corrected chi connectivity index (χ3v) is 1.89. The van der Waals surface area contributed by atoms with Crippen molar-refractivity contribution in [2.24, 2.45) is 0 Å². The zero-order valence-electron chi connectivity index (χ0n) is 8.79. The number of rotatable bonds is 2. The third kappa shape index (κ3) is 2.72. The molecule has 0 unspecified atom stereocenters. The minimum atomic E-state index is 0.164. The summed E-state index contributed by atoms with van der Waals surface area (Å²) in [6, 6.07) is 3.99.